The highest BCUT2D eigenvalue weighted by Crippen LogP contribution is 2.19. The molecule has 0 atom stereocenters. The fourth-order valence-electron chi connectivity index (χ4n) is 1.72. The molecule has 0 saturated carbocycles. The molecule has 1 aromatic carbocycles. The SMILES string of the molecule is Cc1ccccc1OCCN(C)C(=O)CC(C)(C)C. The number of hydrogen-bond donors (Lipinski definition) is 0. The Kier molecular flexibility index (Phi) is 5.40. The number of benzene rings is 1. The zero-order chi connectivity index (χ0) is 14.5. The Hall–Kier alpha value is -1.51. The summed E-state index contributed by atoms with van der Waals surface area (Å²) in [6.45, 7) is 9.37. The van der Waals surface area contributed by atoms with Gasteiger partial charge in [-0.25, -0.2) is 0 Å². The van der Waals surface area contributed by atoms with Crippen molar-refractivity contribution in [2.75, 3.05) is 20.2 Å². The maximum atomic E-state index is 11.9. The molecule has 0 aliphatic heterocycles. The van der Waals surface area contributed by atoms with Gasteiger partial charge in [-0.2, -0.15) is 0 Å². The van der Waals surface area contributed by atoms with Crippen LogP contribution in [0.2, 0.25) is 0 Å². The predicted molar refractivity (Wildman–Crippen MR) is 78.4 cm³/mol. The van der Waals surface area contributed by atoms with Gasteiger partial charge in [0.25, 0.3) is 0 Å². The van der Waals surface area contributed by atoms with E-state index in [1.165, 1.54) is 0 Å². The highest BCUT2D eigenvalue weighted by Gasteiger charge is 2.18. The topological polar surface area (TPSA) is 29.5 Å². The van der Waals surface area contributed by atoms with Crippen LogP contribution in [-0.2, 0) is 4.79 Å². The Morgan fingerprint density at radius 1 is 1.26 bits per heavy atom. The van der Waals surface area contributed by atoms with E-state index < -0.39 is 0 Å². The molecule has 0 saturated heterocycles. The number of ether oxygens (including phenoxy) is 1. The number of carbonyl (C=O) groups is 1. The van der Waals surface area contributed by atoms with E-state index >= 15 is 0 Å². The lowest BCUT2D eigenvalue weighted by atomic mass is 9.92. The number of likely N-dealkylation sites (N-methyl/N-ethyl adjacent to an activating group) is 1. The van der Waals surface area contributed by atoms with E-state index in [4.69, 9.17) is 4.74 Å². The Morgan fingerprint density at radius 2 is 1.89 bits per heavy atom. The molecule has 0 aromatic heterocycles. The highest BCUT2D eigenvalue weighted by atomic mass is 16.5. The van der Waals surface area contributed by atoms with Gasteiger partial charge in [0.15, 0.2) is 0 Å². The average Bonchev–Trinajstić information content (AvgIpc) is 2.29. The minimum absolute atomic E-state index is 0.0300. The van der Waals surface area contributed by atoms with Crippen LogP contribution in [0.3, 0.4) is 0 Å². The quantitative estimate of drug-likeness (QED) is 0.816. The van der Waals surface area contributed by atoms with Crippen molar-refractivity contribution in [3.63, 3.8) is 0 Å². The van der Waals surface area contributed by atoms with Crippen molar-refractivity contribution in [3.8, 4) is 5.75 Å². The Balaban J connectivity index is 2.37. The summed E-state index contributed by atoms with van der Waals surface area (Å²) in [7, 11) is 1.83. The van der Waals surface area contributed by atoms with E-state index in [9.17, 15) is 4.79 Å². The molecule has 1 aromatic rings. The summed E-state index contributed by atoms with van der Waals surface area (Å²) in [5.74, 6) is 1.06. The van der Waals surface area contributed by atoms with Gasteiger partial charge in [0, 0.05) is 13.5 Å². The van der Waals surface area contributed by atoms with Gasteiger partial charge in [-0.05, 0) is 24.0 Å². The molecular formula is C16H25NO2. The van der Waals surface area contributed by atoms with Crippen LogP contribution in [0.25, 0.3) is 0 Å². The van der Waals surface area contributed by atoms with Gasteiger partial charge in [0.1, 0.15) is 12.4 Å². The minimum Gasteiger partial charge on any atom is -0.491 e. The maximum Gasteiger partial charge on any atom is 0.222 e. The highest BCUT2D eigenvalue weighted by molar-refractivity contribution is 5.76. The van der Waals surface area contributed by atoms with Crippen LogP contribution < -0.4 is 4.74 Å². The molecule has 0 heterocycles. The molecule has 0 unspecified atom stereocenters. The van der Waals surface area contributed by atoms with Crippen molar-refractivity contribution < 1.29 is 9.53 Å². The summed E-state index contributed by atoms with van der Waals surface area (Å²) in [6, 6.07) is 7.91. The van der Waals surface area contributed by atoms with Gasteiger partial charge in [0.05, 0.1) is 6.54 Å². The van der Waals surface area contributed by atoms with E-state index in [0.717, 1.165) is 11.3 Å². The lowest BCUT2D eigenvalue weighted by Crippen LogP contribution is -2.33. The Labute approximate surface area is 116 Å². The third-order valence-electron chi connectivity index (χ3n) is 2.89. The van der Waals surface area contributed by atoms with Crippen molar-refractivity contribution >= 4 is 5.91 Å². The fourth-order valence-corrected chi connectivity index (χ4v) is 1.72. The van der Waals surface area contributed by atoms with Gasteiger partial charge in [-0.15, -0.1) is 0 Å². The summed E-state index contributed by atoms with van der Waals surface area (Å²) in [4.78, 5) is 13.7. The van der Waals surface area contributed by atoms with Crippen LogP contribution in [0.5, 0.6) is 5.75 Å². The summed E-state index contributed by atoms with van der Waals surface area (Å²) < 4.78 is 5.69. The van der Waals surface area contributed by atoms with Gasteiger partial charge < -0.3 is 9.64 Å². The minimum atomic E-state index is 0.0300. The Bertz CT molecular complexity index is 421. The number of amides is 1. The van der Waals surface area contributed by atoms with Crippen molar-refractivity contribution in [2.24, 2.45) is 5.41 Å². The van der Waals surface area contributed by atoms with Crippen LogP contribution in [-0.4, -0.2) is 31.0 Å². The van der Waals surface area contributed by atoms with Gasteiger partial charge in [-0.3, -0.25) is 4.79 Å². The Morgan fingerprint density at radius 3 is 2.47 bits per heavy atom. The number of carbonyl (C=O) groups excluding carboxylic acids is 1. The number of nitrogens with zero attached hydrogens (tertiary/aromatic N) is 1. The molecule has 0 spiro atoms. The number of hydrogen-bond acceptors (Lipinski definition) is 2. The molecule has 19 heavy (non-hydrogen) atoms. The van der Waals surface area contributed by atoms with Crippen LogP contribution in [0, 0.1) is 12.3 Å². The molecule has 106 valence electrons. The fraction of sp³-hybridized carbons (Fsp3) is 0.562. The van der Waals surface area contributed by atoms with E-state index in [-0.39, 0.29) is 11.3 Å². The maximum absolute atomic E-state index is 11.9. The van der Waals surface area contributed by atoms with Crippen molar-refractivity contribution in [1.82, 2.24) is 4.90 Å². The second kappa shape index (κ2) is 6.60. The normalized spacial score (nSPS) is 11.2. The van der Waals surface area contributed by atoms with E-state index in [1.807, 2.05) is 38.2 Å². The summed E-state index contributed by atoms with van der Waals surface area (Å²) >= 11 is 0. The molecule has 0 fully saturated rings. The van der Waals surface area contributed by atoms with Crippen LogP contribution in [0.4, 0.5) is 0 Å². The largest absolute Gasteiger partial charge is 0.491 e. The predicted octanol–water partition coefficient (Wildman–Crippen LogP) is 3.27. The smallest absolute Gasteiger partial charge is 0.222 e. The first kappa shape index (κ1) is 15.5. The lowest BCUT2D eigenvalue weighted by Gasteiger charge is -2.23. The lowest BCUT2D eigenvalue weighted by molar-refractivity contribution is -0.132. The second-order valence-corrected chi connectivity index (χ2v) is 6.17. The third-order valence-corrected chi connectivity index (χ3v) is 2.89. The van der Waals surface area contributed by atoms with E-state index in [0.29, 0.717) is 19.6 Å². The molecule has 1 amide bonds. The van der Waals surface area contributed by atoms with Crippen molar-refractivity contribution in [3.05, 3.63) is 29.8 Å². The average molecular weight is 263 g/mol. The molecule has 0 radical (unpaired) electrons. The van der Waals surface area contributed by atoms with Crippen LogP contribution in [0.1, 0.15) is 32.8 Å². The first-order chi connectivity index (χ1) is 8.79. The first-order valence-corrected chi connectivity index (χ1v) is 6.72. The number of aryl methyl sites for hydroxylation is 1. The first-order valence-electron chi connectivity index (χ1n) is 6.72. The van der Waals surface area contributed by atoms with Gasteiger partial charge >= 0.3 is 0 Å². The molecule has 0 N–H and O–H groups in total. The molecule has 0 bridgehead atoms. The van der Waals surface area contributed by atoms with Crippen LogP contribution in [0.15, 0.2) is 24.3 Å². The van der Waals surface area contributed by atoms with Crippen LogP contribution >= 0.6 is 0 Å². The standard InChI is InChI=1S/C16H25NO2/c1-13-8-6-7-9-14(13)19-11-10-17(5)15(18)12-16(2,3)4/h6-9H,10-12H2,1-5H3. The van der Waals surface area contributed by atoms with Crippen molar-refractivity contribution in [2.45, 2.75) is 34.1 Å². The molecule has 3 nitrogen and oxygen atoms in total. The number of rotatable bonds is 5. The molecule has 0 aliphatic rings. The molecule has 3 heteroatoms. The second-order valence-electron chi connectivity index (χ2n) is 6.17. The zero-order valence-electron chi connectivity index (χ0n) is 12.7. The van der Waals surface area contributed by atoms with E-state index in [2.05, 4.69) is 20.8 Å². The monoisotopic (exact) mass is 263 g/mol. The summed E-state index contributed by atoms with van der Waals surface area (Å²) in [5.41, 5.74) is 1.15. The molecular weight excluding hydrogens is 238 g/mol. The van der Waals surface area contributed by atoms with Gasteiger partial charge in [0.2, 0.25) is 5.91 Å². The zero-order valence-corrected chi connectivity index (χ0v) is 12.7. The van der Waals surface area contributed by atoms with E-state index in [1.54, 1.807) is 4.90 Å². The summed E-state index contributed by atoms with van der Waals surface area (Å²) in [6.07, 6.45) is 0.563. The van der Waals surface area contributed by atoms with Gasteiger partial charge in [-0.1, -0.05) is 39.0 Å². The third kappa shape index (κ3) is 5.77. The van der Waals surface area contributed by atoms with Crippen molar-refractivity contribution in [1.29, 1.82) is 0 Å². The number of para-hydroxylation sites is 1. The molecule has 0 aliphatic carbocycles. The molecule has 1 rings (SSSR count). The summed E-state index contributed by atoms with van der Waals surface area (Å²) in [5, 5.41) is 0.